The Morgan fingerprint density at radius 3 is 2.88 bits per heavy atom. The van der Waals surface area contributed by atoms with Crippen LogP contribution in [0.15, 0.2) is 38.6 Å². The Morgan fingerprint density at radius 2 is 2.19 bits per heavy atom. The first-order valence-corrected chi connectivity index (χ1v) is 10.9. The molecule has 0 amide bonds. The number of ether oxygens (including phenoxy) is 2. The lowest BCUT2D eigenvalue weighted by Crippen LogP contribution is -2.40. The fourth-order valence-corrected chi connectivity index (χ4v) is 3.78. The number of thioether (sulfide) groups is 1. The van der Waals surface area contributed by atoms with Crippen molar-refractivity contribution in [3.8, 4) is 0 Å². The molecule has 1 heterocycles. The van der Waals surface area contributed by atoms with E-state index in [1.807, 2.05) is 11.8 Å². The highest BCUT2D eigenvalue weighted by molar-refractivity contribution is 9.10. The number of hydrogen-bond acceptors (Lipinski definition) is 4. The summed E-state index contributed by atoms with van der Waals surface area (Å²) in [6.45, 7) is 7.26. The van der Waals surface area contributed by atoms with Gasteiger partial charge in [-0.3, -0.25) is 4.99 Å². The van der Waals surface area contributed by atoms with E-state index in [1.54, 1.807) is 7.05 Å². The summed E-state index contributed by atoms with van der Waals surface area (Å²) in [7, 11) is 1.80. The summed E-state index contributed by atoms with van der Waals surface area (Å²) in [5.41, 5.74) is 0. The molecule has 0 aliphatic carbocycles. The molecule has 1 aromatic carbocycles. The van der Waals surface area contributed by atoms with Crippen LogP contribution in [-0.4, -0.2) is 57.8 Å². The average Bonchev–Trinajstić information content (AvgIpc) is 3.16. The van der Waals surface area contributed by atoms with Gasteiger partial charge in [-0.15, -0.1) is 11.8 Å². The molecule has 1 aromatic rings. The highest BCUT2D eigenvalue weighted by atomic mass is 79.9. The van der Waals surface area contributed by atoms with Gasteiger partial charge in [-0.1, -0.05) is 22.9 Å². The van der Waals surface area contributed by atoms with Gasteiger partial charge >= 0.3 is 0 Å². The van der Waals surface area contributed by atoms with Crippen molar-refractivity contribution in [1.82, 2.24) is 10.6 Å². The number of nitrogens with one attached hydrogen (secondary N) is 2. The highest BCUT2D eigenvalue weighted by Gasteiger charge is 2.15. The maximum Gasteiger partial charge on any atom is 0.191 e. The number of aliphatic imine (C=N–C) groups is 1. The van der Waals surface area contributed by atoms with Crippen LogP contribution < -0.4 is 10.6 Å². The molecule has 1 aliphatic heterocycles. The number of rotatable bonds is 10. The fraction of sp³-hybridized carbons (Fsp3) is 0.632. The van der Waals surface area contributed by atoms with Crippen molar-refractivity contribution in [1.29, 1.82) is 0 Å². The predicted octanol–water partition coefficient (Wildman–Crippen LogP) is 3.54. The molecule has 1 saturated heterocycles. The number of benzene rings is 1. The van der Waals surface area contributed by atoms with Gasteiger partial charge in [0.05, 0.1) is 13.2 Å². The van der Waals surface area contributed by atoms with E-state index in [0.717, 1.165) is 62.8 Å². The van der Waals surface area contributed by atoms with E-state index < -0.39 is 0 Å². The SMILES string of the molecule is CN=C(NCCCOCC1CCOC1)NCC(C)Sc1ccc(Br)cc1. The summed E-state index contributed by atoms with van der Waals surface area (Å²) >= 11 is 5.32. The Morgan fingerprint density at radius 1 is 1.38 bits per heavy atom. The first kappa shape index (κ1) is 21.5. The number of hydrogen-bond donors (Lipinski definition) is 2. The van der Waals surface area contributed by atoms with Crippen LogP contribution in [-0.2, 0) is 9.47 Å². The first-order chi connectivity index (χ1) is 12.7. The molecule has 0 saturated carbocycles. The van der Waals surface area contributed by atoms with Crippen LogP contribution in [0.5, 0.6) is 0 Å². The summed E-state index contributed by atoms with van der Waals surface area (Å²) in [6, 6.07) is 8.42. The molecule has 0 bridgehead atoms. The smallest absolute Gasteiger partial charge is 0.191 e. The molecule has 146 valence electrons. The molecule has 0 aromatic heterocycles. The van der Waals surface area contributed by atoms with Gasteiger partial charge in [-0.2, -0.15) is 0 Å². The van der Waals surface area contributed by atoms with Crippen molar-refractivity contribution in [2.24, 2.45) is 10.9 Å². The molecule has 5 nitrogen and oxygen atoms in total. The van der Waals surface area contributed by atoms with E-state index in [1.165, 1.54) is 4.90 Å². The number of halogens is 1. The van der Waals surface area contributed by atoms with Crippen LogP contribution in [0.1, 0.15) is 19.8 Å². The van der Waals surface area contributed by atoms with E-state index in [9.17, 15) is 0 Å². The Labute approximate surface area is 169 Å². The zero-order chi connectivity index (χ0) is 18.6. The molecule has 1 fully saturated rings. The Balaban J connectivity index is 1.53. The van der Waals surface area contributed by atoms with Gasteiger partial charge < -0.3 is 20.1 Å². The lowest BCUT2D eigenvalue weighted by molar-refractivity contribution is 0.0888. The van der Waals surface area contributed by atoms with Crippen molar-refractivity contribution in [3.63, 3.8) is 0 Å². The zero-order valence-electron chi connectivity index (χ0n) is 15.7. The van der Waals surface area contributed by atoms with Crippen LogP contribution in [0, 0.1) is 5.92 Å². The van der Waals surface area contributed by atoms with Crippen LogP contribution in [0.4, 0.5) is 0 Å². The molecule has 2 rings (SSSR count). The summed E-state index contributed by atoms with van der Waals surface area (Å²) in [4.78, 5) is 5.55. The fourth-order valence-electron chi connectivity index (χ4n) is 2.59. The Kier molecular flexibility index (Phi) is 10.4. The van der Waals surface area contributed by atoms with Crippen molar-refractivity contribution >= 4 is 33.7 Å². The standard InChI is InChI=1S/C19H30BrN3O2S/c1-15(26-18-6-4-17(20)5-7-18)12-23-19(21-2)22-9-3-10-24-13-16-8-11-25-14-16/h4-7,15-16H,3,8-14H2,1-2H3,(H2,21,22,23). The Hall–Kier alpha value is -0.760. The monoisotopic (exact) mass is 443 g/mol. The van der Waals surface area contributed by atoms with E-state index in [0.29, 0.717) is 11.2 Å². The quantitative estimate of drug-likeness (QED) is 0.250. The van der Waals surface area contributed by atoms with Crippen LogP contribution in [0.3, 0.4) is 0 Å². The Bertz CT molecular complexity index is 536. The molecule has 0 radical (unpaired) electrons. The lowest BCUT2D eigenvalue weighted by atomic mass is 10.1. The third kappa shape index (κ3) is 8.75. The highest BCUT2D eigenvalue weighted by Crippen LogP contribution is 2.24. The molecule has 7 heteroatoms. The third-order valence-electron chi connectivity index (χ3n) is 4.07. The van der Waals surface area contributed by atoms with Crippen LogP contribution >= 0.6 is 27.7 Å². The van der Waals surface area contributed by atoms with Gasteiger partial charge in [0.15, 0.2) is 5.96 Å². The molecule has 2 unspecified atom stereocenters. The van der Waals surface area contributed by atoms with Gasteiger partial charge in [0.2, 0.25) is 0 Å². The molecule has 26 heavy (non-hydrogen) atoms. The normalized spacial score (nSPS) is 18.7. The van der Waals surface area contributed by atoms with Gasteiger partial charge in [-0.25, -0.2) is 0 Å². The van der Waals surface area contributed by atoms with E-state index >= 15 is 0 Å². The maximum absolute atomic E-state index is 5.72. The maximum atomic E-state index is 5.72. The van der Waals surface area contributed by atoms with Gasteiger partial charge in [0.1, 0.15) is 0 Å². The minimum atomic E-state index is 0.451. The molecule has 1 aliphatic rings. The topological polar surface area (TPSA) is 54.9 Å². The number of nitrogens with zero attached hydrogens (tertiary/aromatic N) is 1. The summed E-state index contributed by atoms with van der Waals surface area (Å²) in [5.74, 6) is 1.43. The molecule has 0 spiro atoms. The summed E-state index contributed by atoms with van der Waals surface area (Å²) in [5, 5.41) is 7.18. The van der Waals surface area contributed by atoms with Gasteiger partial charge in [-0.05, 0) is 37.1 Å². The second-order valence-electron chi connectivity index (χ2n) is 6.42. The molecular formula is C19H30BrN3O2S. The van der Waals surface area contributed by atoms with E-state index in [2.05, 4.69) is 62.7 Å². The van der Waals surface area contributed by atoms with Crippen molar-refractivity contribution in [2.75, 3.05) is 46.6 Å². The van der Waals surface area contributed by atoms with E-state index in [4.69, 9.17) is 9.47 Å². The van der Waals surface area contributed by atoms with Crippen molar-refractivity contribution < 1.29 is 9.47 Å². The van der Waals surface area contributed by atoms with Crippen LogP contribution in [0.25, 0.3) is 0 Å². The molecule has 2 N–H and O–H groups in total. The van der Waals surface area contributed by atoms with Crippen LogP contribution in [0.2, 0.25) is 0 Å². The number of guanidine groups is 1. The lowest BCUT2D eigenvalue weighted by Gasteiger charge is -2.16. The van der Waals surface area contributed by atoms with Gasteiger partial charge in [0.25, 0.3) is 0 Å². The molecule has 2 atom stereocenters. The second-order valence-corrected chi connectivity index (χ2v) is 8.85. The van der Waals surface area contributed by atoms with Gasteiger partial charge in [0, 0.05) is 53.9 Å². The molecular weight excluding hydrogens is 414 g/mol. The minimum Gasteiger partial charge on any atom is -0.381 e. The predicted molar refractivity (Wildman–Crippen MR) is 113 cm³/mol. The zero-order valence-corrected chi connectivity index (χ0v) is 18.1. The van der Waals surface area contributed by atoms with Crippen molar-refractivity contribution in [3.05, 3.63) is 28.7 Å². The minimum absolute atomic E-state index is 0.451. The summed E-state index contributed by atoms with van der Waals surface area (Å²) < 4.78 is 12.2. The van der Waals surface area contributed by atoms with Crippen molar-refractivity contribution in [2.45, 2.75) is 29.9 Å². The largest absolute Gasteiger partial charge is 0.381 e. The van der Waals surface area contributed by atoms with E-state index in [-0.39, 0.29) is 0 Å². The average molecular weight is 444 g/mol. The third-order valence-corrected chi connectivity index (χ3v) is 5.71. The second kappa shape index (κ2) is 12.6. The first-order valence-electron chi connectivity index (χ1n) is 9.19. The summed E-state index contributed by atoms with van der Waals surface area (Å²) in [6.07, 6.45) is 2.10.